The molecule has 27 heavy (non-hydrogen) atoms. The van der Waals surface area contributed by atoms with E-state index in [-0.39, 0.29) is 11.8 Å². The van der Waals surface area contributed by atoms with Gasteiger partial charge in [-0.1, -0.05) is 39.8 Å². The van der Waals surface area contributed by atoms with E-state index >= 15 is 0 Å². The molecular formula is C21H34N2O2Si2. The summed E-state index contributed by atoms with van der Waals surface area (Å²) in [5.74, 6) is -0.220. The van der Waals surface area contributed by atoms with Crippen LogP contribution < -0.4 is 0 Å². The molecule has 2 aliphatic rings. The van der Waals surface area contributed by atoms with Crippen LogP contribution in [0.25, 0.3) is 0 Å². The van der Waals surface area contributed by atoms with E-state index in [2.05, 4.69) is 31.9 Å². The number of carbonyl (C=O) groups is 2. The first-order chi connectivity index (χ1) is 13.0. The van der Waals surface area contributed by atoms with Gasteiger partial charge in [0, 0.05) is 6.54 Å². The van der Waals surface area contributed by atoms with Crippen molar-refractivity contribution in [2.75, 3.05) is 13.1 Å². The molecule has 1 aromatic rings. The van der Waals surface area contributed by atoms with Crippen molar-refractivity contribution >= 4 is 28.3 Å². The monoisotopic (exact) mass is 402 g/mol. The molecule has 4 nitrogen and oxygen atoms in total. The molecule has 1 aromatic carbocycles. The van der Waals surface area contributed by atoms with Crippen molar-refractivity contribution < 1.29 is 9.59 Å². The smallest absolute Gasteiger partial charge is 0.261 e. The first-order valence-corrected chi connectivity index (χ1v) is 15.8. The van der Waals surface area contributed by atoms with Crippen molar-refractivity contribution in [3.05, 3.63) is 35.4 Å². The summed E-state index contributed by atoms with van der Waals surface area (Å²) in [6, 6.07) is 15.5. The molecule has 148 valence electrons. The minimum absolute atomic E-state index is 0.110. The molecule has 0 unspecified atom stereocenters. The van der Waals surface area contributed by atoms with Gasteiger partial charge in [-0.25, -0.2) is 0 Å². The van der Waals surface area contributed by atoms with E-state index in [0.29, 0.717) is 17.7 Å². The second kappa shape index (κ2) is 8.01. The summed E-state index contributed by atoms with van der Waals surface area (Å²) in [5, 5.41) is 0. The molecule has 0 bridgehead atoms. The Hall–Kier alpha value is -1.25. The van der Waals surface area contributed by atoms with Gasteiger partial charge in [-0.2, -0.15) is 0 Å². The number of amides is 2. The molecular weight excluding hydrogens is 368 g/mol. The van der Waals surface area contributed by atoms with E-state index in [4.69, 9.17) is 0 Å². The van der Waals surface area contributed by atoms with Crippen molar-refractivity contribution in [2.45, 2.75) is 70.4 Å². The summed E-state index contributed by atoms with van der Waals surface area (Å²) in [6.45, 7) is 11.2. The lowest BCUT2D eigenvalue weighted by Gasteiger charge is -2.45. The molecule has 2 aliphatic heterocycles. The van der Waals surface area contributed by atoms with Gasteiger partial charge in [-0.05, 0) is 61.4 Å². The van der Waals surface area contributed by atoms with E-state index < -0.39 is 16.5 Å². The predicted molar refractivity (Wildman–Crippen MR) is 116 cm³/mol. The highest BCUT2D eigenvalue weighted by atomic mass is 28.4. The Kier molecular flexibility index (Phi) is 6.08. The first-order valence-electron chi connectivity index (χ1n) is 10.7. The van der Waals surface area contributed by atoms with Gasteiger partial charge in [0.25, 0.3) is 11.8 Å². The van der Waals surface area contributed by atoms with E-state index in [9.17, 15) is 9.59 Å². The zero-order chi connectivity index (χ0) is 19.7. The van der Waals surface area contributed by atoms with Crippen LogP contribution in [0.4, 0.5) is 0 Å². The zero-order valence-electron chi connectivity index (χ0n) is 17.4. The molecule has 0 saturated carbocycles. The average molecular weight is 403 g/mol. The van der Waals surface area contributed by atoms with Crippen LogP contribution in [0.5, 0.6) is 0 Å². The Balaban J connectivity index is 1.72. The molecule has 6 heteroatoms. The summed E-state index contributed by atoms with van der Waals surface area (Å²) in [7, 11) is -2.71. The van der Waals surface area contributed by atoms with Crippen molar-refractivity contribution in [3.8, 4) is 0 Å². The van der Waals surface area contributed by atoms with Gasteiger partial charge < -0.3 is 4.23 Å². The highest BCUT2D eigenvalue weighted by molar-refractivity contribution is 6.97. The number of benzene rings is 1. The van der Waals surface area contributed by atoms with E-state index in [1.807, 2.05) is 12.1 Å². The summed E-state index contributed by atoms with van der Waals surface area (Å²) in [5.41, 5.74) is 1.14. The first kappa shape index (κ1) is 20.5. The minimum atomic E-state index is -1.35. The van der Waals surface area contributed by atoms with Gasteiger partial charge in [0.15, 0.2) is 0 Å². The average Bonchev–Trinajstić information content (AvgIpc) is 3.16. The number of rotatable bonds is 8. The summed E-state index contributed by atoms with van der Waals surface area (Å²) in [6.07, 6.45) is 0.912. The molecule has 3 rings (SSSR count). The van der Waals surface area contributed by atoms with Gasteiger partial charge in [-0.15, -0.1) is 0 Å². The number of hydrogen-bond acceptors (Lipinski definition) is 3. The fourth-order valence-electron chi connectivity index (χ4n) is 5.51. The number of nitrogens with zero attached hydrogens (tertiary/aromatic N) is 2. The molecule has 0 spiro atoms. The molecule has 0 N–H and O–H groups in total. The second-order valence-electron chi connectivity index (χ2n) is 8.18. The zero-order valence-corrected chi connectivity index (χ0v) is 19.4. The van der Waals surface area contributed by atoms with Crippen LogP contribution in [-0.4, -0.2) is 50.5 Å². The van der Waals surface area contributed by atoms with Crippen molar-refractivity contribution in [2.24, 2.45) is 0 Å². The fraction of sp³-hybridized carbons (Fsp3) is 0.619. The topological polar surface area (TPSA) is 40.6 Å². The third-order valence-electron chi connectivity index (χ3n) is 7.47. The van der Waals surface area contributed by atoms with Crippen LogP contribution in [0.15, 0.2) is 24.3 Å². The van der Waals surface area contributed by atoms with Crippen molar-refractivity contribution in [1.29, 1.82) is 0 Å². The van der Waals surface area contributed by atoms with Crippen molar-refractivity contribution in [3.63, 3.8) is 0 Å². The SMILES string of the molecule is CC[Si]1(CC)CC[Si](CC)(CC)N1CCCN1C(=O)c2ccccc2C1=O. The van der Waals surface area contributed by atoms with E-state index in [1.54, 1.807) is 12.1 Å². The molecule has 0 aliphatic carbocycles. The summed E-state index contributed by atoms with van der Waals surface area (Å²) < 4.78 is 3.03. The fourth-order valence-corrected chi connectivity index (χ4v) is 21.6. The lowest BCUT2D eigenvalue weighted by Crippen LogP contribution is -2.60. The summed E-state index contributed by atoms with van der Waals surface area (Å²) in [4.78, 5) is 26.7. The third kappa shape index (κ3) is 3.25. The summed E-state index contributed by atoms with van der Waals surface area (Å²) >= 11 is 0. The molecule has 1 fully saturated rings. The molecule has 2 heterocycles. The van der Waals surface area contributed by atoms with Gasteiger partial charge in [0.2, 0.25) is 0 Å². The van der Waals surface area contributed by atoms with Crippen LogP contribution in [0.3, 0.4) is 0 Å². The molecule has 0 atom stereocenters. The predicted octanol–water partition coefficient (Wildman–Crippen LogP) is 4.96. The van der Waals surface area contributed by atoms with Gasteiger partial charge in [-0.3, -0.25) is 14.5 Å². The quantitative estimate of drug-likeness (QED) is 0.456. The Bertz CT molecular complexity index is 659. The number of fused-ring (bicyclic) bond motifs is 1. The van der Waals surface area contributed by atoms with Crippen LogP contribution in [0.2, 0.25) is 36.3 Å². The maximum absolute atomic E-state index is 12.6. The lowest BCUT2D eigenvalue weighted by molar-refractivity contribution is 0.0652. The molecule has 0 radical (unpaired) electrons. The van der Waals surface area contributed by atoms with Crippen LogP contribution in [0.1, 0.15) is 54.8 Å². The maximum atomic E-state index is 12.6. The highest BCUT2D eigenvalue weighted by Gasteiger charge is 2.53. The minimum Gasteiger partial charge on any atom is -0.345 e. The third-order valence-corrected chi connectivity index (χ3v) is 21.2. The molecule has 2 amide bonds. The normalized spacial score (nSPS) is 21.1. The standard InChI is InChI=1S/C21H34N2O2Si2/c1-5-26(6-2)16-17-27(7-3,8-4)23(26)15-11-14-22-20(24)18-12-9-10-13-19(18)21(22)25/h9-10,12-13H,5-8,11,14-17H2,1-4H3. The maximum Gasteiger partial charge on any atom is 0.261 e. The number of imide groups is 1. The van der Waals surface area contributed by atoms with Gasteiger partial charge in [0.1, 0.15) is 16.5 Å². The Morgan fingerprint density at radius 1 is 0.778 bits per heavy atom. The number of hydrogen-bond donors (Lipinski definition) is 0. The van der Waals surface area contributed by atoms with Crippen molar-refractivity contribution in [1.82, 2.24) is 9.13 Å². The highest BCUT2D eigenvalue weighted by Crippen LogP contribution is 2.45. The largest absolute Gasteiger partial charge is 0.345 e. The molecule has 1 saturated heterocycles. The Labute approximate surface area is 166 Å². The second-order valence-corrected chi connectivity index (χ2v) is 18.4. The Morgan fingerprint density at radius 3 is 1.63 bits per heavy atom. The molecule has 0 aromatic heterocycles. The van der Waals surface area contributed by atoms with Crippen LogP contribution in [-0.2, 0) is 0 Å². The van der Waals surface area contributed by atoms with E-state index in [0.717, 1.165) is 13.0 Å². The van der Waals surface area contributed by atoms with E-state index in [1.165, 1.54) is 41.2 Å². The lowest BCUT2D eigenvalue weighted by atomic mass is 10.1. The van der Waals surface area contributed by atoms with Gasteiger partial charge >= 0.3 is 0 Å². The van der Waals surface area contributed by atoms with Gasteiger partial charge in [0.05, 0.1) is 11.1 Å². The van der Waals surface area contributed by atoms with Crippen LogP contribution >= 0.6 is 0 Å². The Morgan fingerprint density at radius 2 is 1.22 bits per heavy atom. The van der Waals surface area contributed by atoms with Crippen LogP contribution in [0, 0.1) is 0 Å². The number of carbonyl (C=O) groups excluding carboxylic acids is 2.